The molecule has 3 aliphatic rings. The Morgan fingerprint density at radius 3 is 2.47 bits per heavy atom. The van der Waals surface area contributed by atoms with E-state index in [0.717, 1.165) is 28.2 Å². The van der Waals surface area contributed by atoms with Crippen LogP contribution < -0.4 is 13.5 Å². The minimum atomic E-state index is -2.51. The summed E-state index contributed by atoms with van der Waals surface area (Å²) < 4.78 is 50.4. The van der Waals surface area contributed by atoms with Crippen molar-refractivity contribution < 1.29 is 17.9 Å². The van der Waals surface area contributed by atoms with Gasteiger partial charge in [0.15, 0.2) is 0 Å². The molecule has 1 saturated heterocycles. The number of fused-ring (bicyclic) bond motifs is 1. The number of alkyl halides is 2. The number of rotatable bonds is 4. The summed E-state index contributed by atoms with van der Waals surface area (Å²) in [4.78, 5) is 2.19. The van der Waals surface area contributed by atoms with Gasteiger partial charge in [-0.1, -0.05) is 18.2 Å². The van der Waals surface area contributed by atoms with Gasteiger partial charge in [0.1, 0.15) is 0 Å². The molecule has 5 nitrogen and oxygen atoms in total. The van der Waals surface area contributed by atoms with Crippen molar-refractivity contribution in [2.75, 3.05) is 51.7 Å². The van der Waals surface area contributed by atoms with Gasteiger partial charge in [-0.05, 0) is 35.4 Å². The van der Waals surface area contributed by atoms with E-state index >= 15 is 0 Å². The van der Waals surface area contributed by atoms with Crippen LogP contribution in [0.2, 0.25) is 0 Å². The summed E-state index contributed by atoms with van der Waals surface area (Å²) in [5, 5.41) is 0. The topological polar surface area (TPSA) is 50.2 Å². The Kier molecular flexibility index (Phi) is 4.85. The van der Waals surface area contributed by atoms with Gasteiger partial charge in [0.25, 0.3) is 5.92 Å². The van der Waals surface area contributed by atoms with Crippen molar-refractivity contribution in [3.63, 3.8) is 0 Å². The predicted octanol–water partition coefficient (Wildman–Crippen LogP) is 5.40. The van der Waals surface area contributed by atoms with E-state index in [9.17, 15) is 17.9 Å². The minimum Gasteiger partial charge on any atom is -0.368 e. The maximum absolute atomic E-state index is 13.4. The largest absolute Gasteiger partial charge is 0.368 e. The average molecular weight is 454 g/mol. The van der Waals surface area contributed by atoms with Gasteiger partial charge in [-0.3, -0.25) is 17.7 Å². The molecule has 2 aromatic carbocycles. The summed E-state index contributed by atoms with van der Waals surface area (Å²) >= 11 is 1.47. The van der Waals surface area contributed by atoms with E-state index in [0.29, 0.717) is 31.1 Å². The molecular weight excluding hydrogens is 428 g/mol. The van der Waals surface area contributed by atoms with E-state index in [2.05, 4.69) is 23.1 Å². The van der Waals surface area contributed by atoms with Crippen molar-refractivity contribution in [1.29, 1.82) is 0 Å². The van der Waals surface area contributed by atoms with Crippen LogP contribution in [0.1, 0.15) is 6.42 Å². The van der Waals surface area contributed by atoms with Crippen LogP contribution in [0, 0.1) is 5.92 Å². The summed E-state index contributed by atoms with van der Waals surface area (Å²) in [6.45, 7) is 1.63. The molecule has 2 N–H and O–H groups in total. The number of anilines is 3. The Morgan fingerprint density at radius 1 is 1.07 bits per heavy atom. The van der Waals surface area contributed by atoms with Crippen molar-refractivity contribution in [3.8, 4) is 11.1 Å². The zero-order valence-electron chi connectivity index (χ0n) is 16.7. The number of nitrogens with zero attached hydrogens (tertiary/aromatic N) is 3. The zero-order valence-corrected chi connectivity index (χ0v) is 18.3. The van der Waals surface area contributed by atoms with Crippen molar-refractivity contribution >= 4 is 39.8 Å². The maximum atomic E-state index is 13.4. The fraction of sp³-hybridized carbons (Fsp3) is 0.429. The van der Waals surface area contributed by atoms with Crippen LogP contribution in [0.3, 0.4) is 0 Å². The van der Waals surface area contributed by atoms with E-state index in [4.69, 9.17) is 0 Å². The second-order valence-electron chi connectivity index (χ2n) is 8.25. The first kappa shape index (κ1) is 20.2. The standard InChI is InChI=1S/C21H25F2N3O2S2/c1-24-20-12-16(5-6-19(20)26(29-24)14-17-13-21(17,22)23)15-3-2-4-18(11-15)25-7-9-30(27,28)10-8-25/h2-6,11-12,17,27-28H,7-10,13-14H2,1H3. The summed E-state index contributed by atoms with van der Waals surface area (Å²) in [6.07, 6.45) is -0.0142. The summed E-state index contributed by atoms with van der Waals surface area (Å²) in [5.41, 5.74) is 5.23. The van der Waals surface area contributed by atoms with Crippen LogP contribution in [0.5, 0.6) is 0 Å². The van der Waals surface area contributed by atoms with E-state index < -0.39 is 22.4 Å². The van der Waals surface area contributed by atoms with Crippen LogP contribution in [0.25, 0.3) is 11.1 Å². The molecule has 30 heavy (non-hydrogen) atoms. The zero-order chi connectivity index (χ0) is 21.1. The third-order valence-corrected chi connectivity index (χ3v) is 8.72. The average Bonchev–Trinajstić information content (AvgIpc) is 3.19. The molecule has 2 heterocycles. The monoisotopic (exact) mass is 453 g/mol. The van der Waals surface area contributed by atoms with Crippen LogP contribution in [0.4, 0.5) is 25.8 Å². The highest BCUT2D eigenvalue weighted by Crippen LogP contribution is 2.53. The lowest BCUT2D eigenvalue weighted by molar-refractivity contribution is 0.101. The Bertz CT molecular complexity index is 965. The van der Waals surface area contributed by atoms with E-state index in [1.165, 1.54) is 12.1 Å². The van der Waals surface area contributed by atoms with Crippen LogP contribution in [-0.4, -0.2) is 53.2 Å². The van der Waals surface area contributed by atoms with Crippen molar-refractivity contribution in [3.05, 3.63) is 42.5 Å². The lowest BCUT2D eigenvalue weighted by Crippen LogP contribution is -2.38. The van der Waals surface area contributed by atoms with Crippen LogP contribution >= 0.6 is 22.7 Å². The molecule has 0 bridgehead atoms. The Balaban J connectivity index is 1.36. The molecule has 1 atom stereocenters. The highest BCUT2D eigenvalue weighted by Gasteiger charge is 2.57. The number of halogens is 2. The SMILES string of the molecule is CN1SN(CC2CC2(F)F)c2ccc(-c3cccc(N4CCS(O)(O)CC4)c3)cc21. The number of hydrogen-bond acceptors (Lipinski definition) is 6. The van der Waals surface area contributed by atoms with Crippen molar-refractivity contribution in [1.82, 2.24) is 0 Å². The molecule has 0 spiro atoms. The first-order valence-corrected chi connectivity index (χ1v) is 12.6. The first-order chi connectivity index (χ1) is 14.2. The number of hydrogen-bond donors (Lipinski definition) is 2. The predicted molar refractivity (Wildman–Crippen MR) is 123 cm³/mol. The summed E-state index contributed by atoms with van der Waals surface area (Å²) in [5.74, 6) is -2.24. The molecular formula is C21H25F2N3O2S2. The molecule has 0 amide bonds. The molecule has 2 aromatic rings. The van der Waals surface area contributed by atoms with Crippen LogP contribution in [-0.2, 0) is 0 Å². The Morgan fingerprint density at radius 2 is 1.77 bits per heavy atom. The van der Waals surface area contributed by atoms with E-state index in [-0.39, 0.29) is 6.42 Å². The van der Waals surface area contributed by atoms with Gasteiger partial charge in [0.05, 0.1) is 35.0 Å². The van der Waals surface area contributed by atoms with Gasteiger partial charge >= 0.3 is 0 Å². The second kappa shape index (κ2) is 7.19. The lowest BCUT2D eigenvalue weighted by atomic mass is 10.0. The third kappa shape index (κ3) is 3.84. The van der Waals surface area contributed by atoms with Gasteiger partial charge in [0.2, 0.25) is 0 Å². The lowest BCUT2D eigenvalue weighted by Gasteiger charge is -2.42. The highest BCUT2D eigenvalue weighted by atomic mass is 32.3. The Hall–Kier alpha value is -1.68. The van der Waals surface area contributed by atoms with Crippen molar-refractivity contribution in [2.24, 2.45) is 5.92 Å². The fourth-order valence-electron chi connectivity index (χ4n) is 4.07. The maximum Gasteiger partial charge on any atom is 0.253 e. The molecule has 162 valence electrons. The molecule has 2 fully saturated rings. The molecule has 1 saturated carbocycles. The number of benzene rings is 2. The molecule has 1 aliphatic carbocycles. The Labute approximate surface area is 181 Å². The minimum absolute atomic E-state index is 0.0142. The van der Waals surface area contributed by atoms with Gasteiger partial charge in [0, 0.05) is 44.7 Å². The highest BCUT2D eigenvalue weighted by molar-refractivity contribution is 8.24. The summed E-state index contributed by atoms with van der Waals surface area (Å²) in [6, 6.07) is 14.4. The summed E-state index contributed by atoms with van der Waals surface area (Å²) in [7, 11) is -0.458. The first-order valence-electron chi connectivity index (χ1n) is 10.0. The van der Waals surface area contributed by atoms with Crippen molar-refractivity contribution in [2.45, 2.75) is 12.3 Å². The van der Waals surface area contributed by atoms with Crippen LogP contribution in [0.15, 0.2) is 42.5 Å². The molecule has 9 heteroatoms. The molecule has 0 aromatic heterocycles. The van der Waals surface area contributed by atoms with Gasteiger partial charge in [-0.2, -0.15) is 10.6 Å². The second-order valence-corrected chi connectivity index (χ2v) is 11.8. The quantitative estimate of drug-likeness (QED) is 0.605. The normalized spacial score (nSPS) is 25.2. The third-order valence-electron chi connectivity index (χ3n) is 6.07. The van der Waals surface area contributed by atoms with Gasteiger partial charge in [-0.25, -0.2) is 8.78 Å². The van der Waals surface area contributed by atoms with Gasteiger partial charge < -0.3 is 4.90 Å². The van der Waals surface area contributed by atoms with E-state index in [1.807, 2.05) is 39.9 Å². The molecule has 2 aliphatic heterocycles. The smallest absolute Gasteiger partial charge is 0.253 e. The van der Waals surface area contributed by atoms with E-state index in [1.54, 1.807) is 0 Å². The molecule has 0 radical (unpaired) electrons. The molecule has 1 unspecified atom stereocenters. The van der Waals surface area contributed by atoms with Gasteiger partial charge in [-0.15, -0.1) is 0 Å². The fourth-order valence-corrected chi connectivity index (χ4v) is 6.32. The molecule has 5 rings (SSSR count).